The largest absolute Gasteiger partial charge is 0.337 e. The van der Waals surface area contributed by atoms with Crippen LogP contribution in [-0.2, 0) is 7.05 Å². The fourth-order valence-electron chi connectivity index (χ4n) is 2.75. The molecule has 2 heterocycles. The Morgan fingerprint density at radius 1 is 1.47 bits per heavy atom. The summed E-state index contributed by atoms with van der Waals surface area (Å²) in [7, 11) is 3.82. The maximum absolute atomic E-state index is 12.4. The monoisotopic (exact) mass is 264 g/mol. The minimum absolute atomic E-state index is 0.121. The van der Waals surface area contributed by atoms with Gasteiger partial charge in [0.15, 0.2) is 0 Å². The minimum atomic E-state index is 0.121. The molecule has 1 saturated heterocycles. The highest BCUT2D eigenvalue weighted by Crippen LogP contribution is 2.21. The summed E-state index contributed by atoms with van der Waals surface area (Å²) in [6.07, 6.45) is 3.44. The molecule has 1 aromatic rings. The number of carbonyl (C=O) groups excluding carboxylic acids is 1. The minimum Gasteiger partial charge on any atom is -0.337 e. The third-order valence-electron chi connectivity index (χ3n) is 3.93. The number of hydrogen-bond acceptors (Lipinski definition) is 3. The van der Waals surface area contributed by atoms with Gasteiger partial charge in [0.1, 0.15) is 5.69 Å². The van der Waals surface area contributed by atoms with Crippen LogP contribution in [0.3, 0.4) is 0 Å². The van der Waals surface area contributed by atoms with Crippen LogP contribution in [0.2, 0.25) is 0 Å². The molecule has 0 atom stereocenters. The molecule has 106 valence electrons. The highest BCUT2D eigenvalue weighted by Gasteiger charge is 2.25. The highest BCUT2D eigenvalue weighted by atomic mass is 16.2. The van der Waals surface area contributed by atoms with Crippen molar-refractivity contribution in [2.45, 2.75) is 26.2 Å². The summed E-state index contributed by atoms with van der Waals surface area (Å²) >= 11 is 0. The number of amides is 1. The van der Waals surface area contributed by atoms with Gasteiger partial charge in [-0.3, -0.25) is 9.48 Å². The van der Waals surface area contributed by atoms with Crippen molar-refractivity contribution in [1.29, 1.82) is 0 Å². The van der Waals surface area contributed by atoms with E-state index in [0.29, 0.717) is 5.69 Å². The molecule has 1 amide bonds. The average Bonchev–Trinajstić information content (AvgIpc) is 2.75. The molecule has 1 fully saturated rings. The van der Waals surface area contributed by atoms with Gasteiger partial charge in [0.25, 0.3) is 5.91 Å². The third-order valence-corrected chi connectivity index (χ3v) is 3.93. The quantitative estimate of drug-likeness (QED) is 0.888. The van der Waals surface area contributed by atoms with E-state index in [4.69, 9.17) is 0 Å². The van der Waals surface area contributed by atoms with E-state index in [9.17, 15) is 4.79 Å². The van der Waals surface area contributed by atoms with Crippen LogP contribution >= 0.6 is 0 Å². The second kappa shape index (κ2) is 6.19. The van der Waals surface area contributed by atoms with E-state index >= 15 is 0 Å². The molecule has 5 heteroatoms. The Bertz CT molecular complexity index is 433. The number of piperidine rings is 1. The van der Waals surface area contributed by atoms with E-state index in [0.717, 1.165) is 44.1 Å². The van der Waals surface area contributed by atoms with Crippen LogP contribution in [-0.4, -0.2) is 47.3 Å². The molecule has 1 aliphatic heterocycles. The van der Waals surface area contributed by atoms with Gasteiger partial charge in [-0.25, -0.2) is 0 Å². The molecule has 0 radical (unpaired) electrons. The first-order valence-electron chi connectivity index (χ1n) is 7.06. The molecule has 0 saturated carbocycles. The first-order chi connectivity index (χ1) is 9.11. The molecular formula is C14H24N4O. The molecule has 1 aliphatic rings. The molecule has 0 aliphatic carbocycles. The van der Waals surface area contributed by atoms with Gasteiger partial charge in [0.2, 0.25) is 0 Å². The number of carbonyl (C=O) groups is 1. The van der Waals surface area contributed by atoms with E-state index < -0.39 is 0 Å². The second-order valence-corrected chi connectivity index (χ2v) is 5.42. The Morgan fingerprint density at radius 2 is 2.16 bits per heavy atom. The summed E-state index contributed by atoms with van der Waals surface area (Å²) in [5.74, 6) is 0.875. The van der Waals surface area contributed by atoms with Crippen molar-refractivity contribution in [3.8, 4) is 0 Å². The predicted molar refractivity (Wildman–Crippen MR) is 75.1 cm³/mol. The Kier molecular flexibility index (Phi) is 4.58. The number of likely N-dealkylation sites (tertiary alicyclic amines) is 1. The Morgan fingerprint density at radius 3 is 2.68 bits per heavy atom. The van der Waals surface area contributed by atoms with E-state index in [2.05, 4.69) is 10.4 Å². The molecule has 0 unspecified atom stereocenters. The predicted octanol–water partition coefficient (Wildman–Crippen LogP) is 1.19. The number of nitrogens with one attached hydrogen (secondary N) is 1. The van der Waals surface area contributed by atoms with Crippen molar-refractivity contribution in [2.24, 2.45) is 13.0 Å². The number of nitrogens with zero attached hydrogens (tertiary/aromatic N) is 3. The first-order valence-corrected chi connectivity index (χ1v) is 7.06. The van der Waals surface area contributed by atoms with E-state index in [-0.39, 0.29) is 5.91 Å². The summed E-state index contributed by atoms with van der Waals surface area (Å²) < 4.78 is 1.69. The molecule has 1 N–H and O–H groups in total. The lowest BCUT2D eigenvalue weighted by molar-refractivity contribution is 0.0676. The Labute approximate surface area is 115 Å². The van der Waals surface area contributed by atoms with Crippen LogP contribution in [0.25, 0.3) is 0 Å². The lowest BCUT2D eigenvalue weighted by atomic mass is 9.93. The average molecular weight is 264 g/mol. The van der Waals surface area contributed by atoms with Gasteiger partial charge in [-0.05, 0) is 51.8 Å². The SMILES string of the molecule is CNCCC1CCN(C(=O)c2cc(C)nn2C)CC1. The lowest BCUT2D eigenvalue weighted by Crippen LogP contribution is -2.39. The van der Waals surface area contributed by atoms with Crippen molar-refractivity contribution in [2.75, 3.05) is 26.7 Å². The Balaban J connectivity index is 1.91. The number of hydrogen-bond donors (Lipinski definition) is 1. The summed E-state index contributed by atoms with van der Waals surface area (Å²) in [5.41, 5.74) is 1.60. The topological polar surface area (TPSA) is 50.2 Å². The fourth-order valence-corrected chi connectivity index (χ4v) is 2.75. The van der Waals surface area contributed by atoms with Gasteiger partial charge in [-0.1, -0.05) is 0 Å². The van der Waals surface area contributed by atoms with Crippen LogP contribution in [0.1, 0.15) is 35.4 Å². The summed E-state index contributed by atoms with van der Waals surface area (Å²) in [6, 6.07) is 1.87. The molecule has 5 nitrogen and oxygen atoms in total. The van der Waals surface area contributed by atoms with E-state index in [1.807, 2.05) is 32.0 Å². The molecule has 0 spiro atoms. The fraction of sp³-hybridized carbons (Fsp3) is 0.714. The summed E-state index contributed by atoms with van der Waals surface area (Å²) in [4.78, 5) is 14.4. The third kappa shape index (κ3) is 3.35. The Hall–Kier alpha value is -1.36. The zero-order valence-corrected chi connectivity index (χ0v) is 12.1. The van der Waals surface area contributed by atoms with Crippen molar-refractivity contribution < 1.29 is 4.79 Å². The standard InChI is InChI=1S/C14H24N4O/c1-11-10-13(17(3)16-11)14(19)18-8-5-12(6-9-18)4-7-15-2/h10,12,15H,4-9H2,1-3H3. The highest BCUT2D eigenvalue weighted by molar-refractivity contribution is 5.92. The second-order valence-electron chi connectivity index (χ2n) is 5.42. The number of rotatable bonds is 4. The van der Waals surface area contributed by atoms with Crippen LogP contribution in [0.15, 0.2) is 6.07 Å². The van der Waals surface area contributed by atoms with Crippen LogP contribution in [0.5, 0.6) is 0 Å². The van der Waals surface area contributed by atoms with Gasteiger partial charge in [0.05, 0.1) is 5.69 Å². The number of aryl methyl sites for hydroxylation is 2. The summed E-state index contributed by atoms with van der Waals surface area (Å²) in [6.45, 7) is 4.73. The molecule has 1 aromatic heterocycles. The van der Waals surface area contributed by atoms with Gasteiger partial charge in [0, 0.05) is 20.1 Å². The van der Waals surface area contributed by atoms with Crippen LogP contribution < -0.4 is 5.32 Å². The normalized spacial score (nSPS) is 16.9. The molecular weight excluding hydrogens is 240 g/mol. The molecule has 0 aromatic carbocycles. The van der Waals surface area contributed by atoms with Crippen LogP contribution in [0, 0.1) is 12.8 Å². The molecule has 19 heavy (non-hydrogen) atoms. The van der Waals surface area contributed by atoms with Gasteiger partial charge < -0.3 is 10.2 Å². The maximum Gasteiger partial charge on any atom is 0.272 e. The van der Waals surface area contributed by atoms with Crippen molar-refractivity contribution in [3.63, 3.8) is 0 Å². The van der Waals surface area contributed by atoms with Crippen molar-refractivity contribution >= 4 is 5.91 Å². The summed E-state index contributed by atoms with van der Waals surface area (Å²) in [5, 5.41) is 7.44. The van der Waals surface area contributed by atoms with Crippen molar-refractivity contribution in [3.05, 3.63) is 17.5 Å². The van der Waals surface area contributed by atoms with E-state index in [1.165, 1.54) is 6.42 Å². The lowest BCUT2D eigenvalue weighted by Gasteiger charge is -2.32. The molecule has 0 bridgehead atoms. The number of aromatic nitrogens is 2. The zero-order valence-electron chi connectivity index (χ0n) is 12.1. The first kappa shape index (κ1) is 14.1. The smallest absolute Gasteiger partial charge is 0.272 e. The van der Waals surface area contributed by atoms with Gasteiger partial charge in [-0.2, -0.15) is 5.10 Å². The zero-order chi connectivity index (χ0) is 13.8. The molecule has 2 rings (SSSR count). The van der Waals surface area contributed by atoms with E-state index in [1.54, 1.807) is 4.68 Å². The van der Waals surface area contributed by atoms with Crippen molar-refractivity contribution in [1.82, 2.24) is 20.0 Å². The van der Waals surface area contributed by atoms with Gasteiger partial charge in [-0.15, -0.1) is 0 Å². The maximum atomic E-state index is 12.4. The van der Waals surface area contributed by atoms with Gasteiger partial charge >= 0.3 is 0 Å². The van der Waals surface area contributed by atoms with Crippen LogP contribution in [0.4, 0.5) is 0 Å².